The van der Waals surface area contributed by atoms with E-state index in [0.29, 0.717) is 0 Å². The lowest BCUT2D eigenvalue weighted by molar-refractivity contribution is -0.291. The van der Waals surface area contributed by atoms with Gasteiger partial charge in [-0.05, 0) is 68.6 Å². The maximum atomic E-state index is 12.8. The van der Waals surface area contributed by atoms with Crippen LogP contribution in [0.5, 0.6) is 0 Å². The SMILES string of the molecule is CC(=O)O[C@H]1CO[C@@H](O[C@H]2C=C[C@]34C[C@]35CC[C@]3(C)[C@H]6[C@H](C)C[C@H]7O[C@@]6(O[C@@H]7C(C)(C)OC(C)=O)[C@H](O)[C@@]3(C)C5=CCC4C2(C)C)[C@H](O)[C@H]1O. The zero-order chi connectivity index (χ0) is 36.2. The molecule has 0 aromatic heterocycles. The first-order valence-electron chi connectivity index (χ1n) is 18.7. The highest BCUT2D eigenvalue weighted by molar-refractivity contribution is 5.66. The Morgan fingerprint density at radius 3 is 2.40 bits per heavy atom. The van der Waals surface area contributed by atoms with Crippen molar-refractivity contribution in [2.24, 2.45) is 44.8 Å². The molecule has 11 nitrogen and oxygen atoms in total. The maximum absolute atomic E-state index is 12.8. The summed E-state index contributed by atoms with van der Waals surface area (Å²) in [5, 5.41) is 34.3. The van der Waals surface area contributed by atoms with E-state index >= 15 is 0 Å². The predicted octanol–water partition coefficient (Wildman–Crippen LogP) is 3.96. The number of allylic oxidation sites excluding steroid dienone is 2. The molecule has 3 N–H and O–H groups in total. The zero-order valence-electron chi connectivity index (χ0n) is 30.9. The third-order valence-corrected chi connectivity index (χ3v) is 15.4. The smallest absolute Gasteiger partial charge is 0.303 e. The van der Waals surface area contributed by atoms with Gasteiger partial charge in [-0.1, -0.05) is 58.4 Å². The molecule has 3 aliphatic heterocycles. The highest BCUT2D eigenvalue weighted by Gasteiger charge is 2.86. The van der Waals surface area contributed by atoms with E-state index in [1.54, 1.807) is 0 Å². The molecule has 1 unspecified atom stereocenters. The van der Waals surface area contributed by atoms with Crippen LogP contribution in [0.1, 0.15) is 94.4 Å². The number of hydrogen-bond donors (Lipinski definition) is 3. The highest BCUT2D eigenvalue weighted by atomic mass is 16.8. The molecule has 0 radical (unpaired) electrons. The summed E-state index contributed by atoms with van der Waals surface area (Å²) in [6.07, 6.45) is 4.57. The topological polar surface area (TPSA) is 150 Å². The van der Waals surface area contributed by atoms with E-state index in [1.807, 2.05) is 13.8 Å². The minimum absolute atomic E-state index is 0.0381. The summed E-state index contributed by atoms with van der Waals surface area (Å²) >= 11 is 0. The number of hydrogen-bond acceptors (Lipinski definition) is 11. The van der Waals surface area contributed by atoms with Crippen molar-refractivity contribution in [1.82, 2.24) is 0 Å². The first-order chi connectivity index (χ1) is 23.2. The number of fused-ring (bicyclic) bond motifs is 4. The fourth-order valence-corrected chi connectivity index (χ4v) is 13.2. The quantitative estimate of drug-likeness (QED) is 0.283. The molecular formula is C39H56O11. The van der Waals surface area contributed by atoms with Crippen molar-refractivity contribution in [3.05, 3.63) is 23.8 Å². The molecule has 0 aromatic rings. The van der Waals surface area contributed by atoms with Crippen LogP contribution < -0.4 is 0 Å². The number of ether oxygens (including phenoxy) is 6. The number of carbonyl (C=O) groups is 2. The minimum Gasteiger partial charge on any atom is -0.457 e. The van der Waals surface area contributed by atoms with Gasteiger partial charge in [0.25, 0.3) is 0 Å². The van der Waals surface area contributed by atoms with Crippen LogP contribution in [0.2, 0.25) is 0 Å². The molecular weight excluding hydrogens is 644 g/mol. The van der Waals surface area contributed by atoms with Crippen LogP contribution in [-0.4, -0.2) is 94.3 Å². The van der Waals surface area contributed by atoms with Gasteiger partial charge in [-0.15, -0.1) is 0 Å². The highest BCUT2D eigenvalue weighted by Crippen LogP contribution is 2.88. The average molecular weight is 701 g/mol. The lowest BCUT2D eigenvalue weighted by Crippen LogP contribution is -2.58. The predicted molar refractivity (Wildman–Crippen MR) is 178 cm³/mol. The molecule has 278 valence electrons. The van der Waals surface area contributed by atoms with E-state index in [0.717, 1.165) is 32.1 Å². The Hall–Kier alpha value is -1.86. The molecule has 6 fully saturated rings. The van der Waals surface area contributed by atoms with Gasteiger partial charge in [-0.2, -0.15) is 0 Å². The Labute approximate surface area is 295 Å². The molecule has 5 aliphatic carbocycles. The van der Waals surface area contributed by atoms with Crippen molar-refractivity contribution in [2.45, 2.75) is 155 Å². The lowest BCUT2D eigenvalue weighted by Gasteiger charge is -2.59. The van der Waals surface area contributed by atoms with Crippen LogP contribution in [0.25, 0.3) is 0 Å². The van der Waals surface area contributed by atoms with Crippen LogP contribution in [0.4, 0.5) is 0 Å². The summed E-state index contributed by atoms with van der Waals surface area (Å²) in [6.45, 7) is 17.6. The Morgan fingerprint density at radius 2 is 1.72 bits per heavy atom. The number of rotatable bonds is 5. The van der Waals surface area contributed by atoms with Gasteiger partial charge in [0.05, 0.1) is 18.8 Å². The fraction of sp³-hybridized carbons (Fsp3) is 0.846. The summed E-state index contributed by atoms with van der Waals surface area (Å²) in [4.78, 5) is 23.6. The molecule has 0 aromatic carbocycles. The van der Waals surface area contributed by atoms with Crippen LogP contribution in [0.3, 0.4) is 0 Å². The van der Waals surface area contributed by atoms with Crippen molar-refractivity contribution < 1.29 is 53.3 Å². The molecule has 8 rings (SSSR count). The molecule has 3 saturated heterocycles. The molecule has 0 amide bonds. The van der Waals surface area contributed by atoms with Crippen molar-refractivity contribution in [3.63, 3.8) is 0 Å². The van der Waals surface area contributed by atoms with Crippen LogP contribution in [-0.2, 0) is 38.0 Å². The second-order valence-corrected chi connectivity index (χ2v) is 18.6. The van der Waals surface area contributed by atoms with E-state index < -0.39 is 59.6 Å². The Morgan fingerprint density at radius 1 is 1.00 bits per heavy atom. The molecule has 3 heterocycles. The van der Waals surface area contributed by atoms with Gasteiger partial charge >= 0.3 is 11.9 Å². The standard InChI is InChI=1S/C39H56O11/c1-19-16-22-30(34(6,7)48-21(3)41)50-39(49-22)29(19)35(8)14-15-38-18-37(38)13-12-26(47-31-28(43)27(42)23(17-45-31)46-20(2)40)33(4,5)24(37)10-11-25(38)36(35,9)32(39)44/h11-13,19,22-24,26-32,42-44H,10,14-18H2,1-9H3/t19-,22-,23+,24?,26+,27+,28-,29-,30+,31+,32-,35-,36-,37-,38+,39+/m1/s1. The van der Waals surface area contributed by atoms with Crippen molar-refractivity contribution in [1.29, 1.82) is 0 Å². The second kappa shape index (κ2) is 10.6. The van der Waals surface area contributed by atoms with Gasteiger partial charge in [0.1, 0.15) is 30.0 Å². The first-order valence-corrected chi connectivity index (χ1v) is 18.7. The second-order valence-electron chi connectivity index (χ2n) is 18.6. The fourth-order valence-electron chi connectivity index (χ4n) is 13.2. The van der Waals surface area contributed by atoms with Crippen LogP contribution in [0.15, 0.2) is 23.8 Å². The normalized spacial score (nSPS) is 53.9. The van der Waals surface area contributed by atoms with Gasteiger partial charge in [0.2, 0.25) is 0 Å². The summed E-state index contributed by atoms with van der Waals surface area (Å²) in [5.41, 5.74) is -1.04. The van der Waals surface area contributed by atoms with Gasteiger partial charge in [0, 0.05) is 36.0 Å². The Balaban J connectivity index is 1.09. The van der Waals surface area contributed by atoms with Gasteiger partial charge in [-0.25, -0.2) is 0 Å². The number of esters is 2. The minimum atomic E-state index is -1.37. The maximum Gasteiger partial charge on any atom is 0.303 e. The van der Waals surface area contributed by atoms with Crippen molar-refractivity contribution in [2.75, 3.05) is 6.61 Å². The Kier molecular flexibility index (Phi) is 7.48. The van der Waals surface area contributed by atoms with Gasteiger partial charge in [0.15, 0.2) is 18.2 Å². The van der Waals surface area contributed by atoms with E-state index in [-0.39, 0.29) is 64.2 Å². The zero-order valence-corrected chi connectivity index (χ0v) is 30.9. The average Bonchev–Trinajstić information content (AvgIpc) is 3.53. The Bertz CT molecular complexity index is 1540. The van der Waals surface area contributed by atoms with E-state index in [2.05, 4.69) is 52.8 Å². The molecule has 11 heteroatoms. The molecule has 3 saturated carbocycles. The molecule has 3 spiro atoms. The summed E-state index contributed by atoms with van der Waals surface area (Å²) in [7, 11) is 0. The van der Waals surface area contributed by atoms with Crippen molar-refractivity contribution >= 4 is 11.9 Å². The van der Waals surface area contributed by atoms with Gasteiger partial charge in [-0.3, -0.25) is 9.59 Å². The van der Waals surface area contributed by atoms with Gasteiger partial charge < -0.3 is 43.7 Å². The molecule has 50 heavy (non-hydrogen) atoms. The summed E-state index contributed by atoms with van der Waals surface area (Å²) < 4.78 is 37.0. The summed E-state index contributed by atoms with van der Waals surface area (Å²) in [5.74, 6) is -1.68. The largest absolute Gasteiger partial charge is 0.457 e. The molecule has 8 aliphatic rings. The van der Waals surface area contributed by atoms with Crippen LogP contribution >= 0.6 is 0 Å². The third-order valence-electron chi connectivity index (χ3n) is 15.4. The number of aliphatic hydroxyl groups is 3. The van der Waals surface area contributed by atoms with Crippen molar-refractivity contribution in [3.8, 4) is 0 Å². The van der Waals surface area contributed by atoms with E-state index in [9.17, 15) is 24.9 Å². The first kappa shape index (κ1) is 35.2. The number of carbonyl (C=O) groups excluding carboxylic acids is 2. The molecule has 2 bridgehead atoms. The van der Waals surface area contributed by atoms with E-state index in [4.69, 9.17) is 28.4 Å². The monoisotopic (exact) mass is 700 g/mol. The third kappa shape index (κ3) is 4.17. The number of aliphatic hydroxyl groups excluding tert-OH is 3. The van der Waals surface area contributed by atoms with E-state index in [1.165, 1.54) is 19.4 Å². The lowest BCUT2D eigenvalue weighted by atomic mass is 9.45. The summed E-state index contributed by atoms with van der Waals surface area (Å²) in [6, 6.07) is 0. The van der Waals surface area contributed by atoms with Crippen LogP contribution in [0, 0.1) is 44.8 Å². The molecule has 16 atom stereocenters.